The summed E-state index contributed by atoms with van der Waals surface area (Å²) in [7, 11) is 1.36. The second-order valence-electron chi connectivity index (χ2n) is 1.84. The SMILES string of the molecule is CC[CH]C(=O)OC(=O)COC. The molecular formula is C7H11O4. The maximum Gasteiger partial charge on any atom is 0.339 e. The van der Waals surface area contributed by atoms with Crippen molar-refractivity contribution < 1.29 is 19.1 Å². The van der Waals surface area contributed by atoms with Crippen molar-refractivity contribution in [2.75, 3.05) is 13.7 Å². The highest BCUT2D eigenvalue weighted by Crippen LogP contribution is 1.90. The van der Waals surface area contributed by atoms with Gasteiger partial charge in [-0.25, -0.2) is 4.79 Å². The van der Waals surface area contributed by atoms with E-state index in [1.54, 1.807) is 6.92 Å². The van der Waals surface area contributed by atoms with E-state index in [1.807, 2.05) is 0 Å². The molecule has 0 aliphatic carbocycles. The molecule has 0 N–H and O–H groups in total. The Balaban J connectivity index is 3.49. The Bertz CT molecular complexity index is 125. The molecule has 0 rings (SSSR count). The van der Waals surface area contributed by atoms with Crippen LogP contribution in [0.1, 0.15) is 13.3 Å². The first-order valence-electron chi connectivity index (χ1n) is 3.27. The third-order valence-electron chi connectivity index (χ3n) is 0.847. The highest BCUT2D eigenvalue weighted by molar-refractivity contribution is 5.90. The number of hydrogen-bond acceptors (Lipinski definition) is 4. The first-order chi connectivity index (χ1) is 5.20. The van der Waals surface area contributed by atoms with Crippen LogP contribution in [0, 0.1) is 6.42 Å². The van der Waals surface area contributed by atoms with Gasteiger partial charge in [0, 0.05) is 7.11 Å². The average molecular weight is 159 g/mol. The molecule has 63 valence electrons. The van der Waals surface area contributed by atoms with Gasteiger partial charge in [0.1, 0.15) is 6.61 Å². The number of carbonyl (C=O) groups excluding carboxylic acids is 2. The quantitative estimate of drug-likeness (QED) is 0.437. The number of hydrogen-bond donors (Lipinski definition) is 0. The van der Waals surface area contributed by atoms with E-state index in [1.165, 1.54) is 13.5 Å². The average Bonchev–Trinajstić information content (AvgIpc) is 1.87. The van der Waals surface area contributed by atoms with Crippen molar-refractivity contribution in [2.45, 2.75) is 13.3 Å². The summed E-state index contributed by atoms with van der Waals surface area (Å²) in [6.45, 7) is 1.59. The third-order valence-corrected chi connectivity index (χ3v) is 0.847. The van der Waals surface area contributed by atoms with E-state index in [2.05, 4.69) is 9.47 Å². The lowest BCUT2D eigenvalue weighted by Crippen LogP contribution is -2.16. The molecule has 0 unspecified atom stereocenters. The fraction of sp³-hybridized carbons (Fsp3) is 0.571. The summed E-state index contributed by atoms with van der Waals surface area (Å²) in [5, 5.41) is 0. The fourth-order valence-electron chi connectivity index (χ4n) is 0.468. The van der Waals surface area contributed by atoms with Crippen LogP contribution >= 0.6 is 0 Å². The first kappa shape index (κ1) is 10.1. The van der Waals surface area contributed by atoms with E-state index in [-0.39, 0.29) is 6.61 Å². The van der Waals surface area contributed by atoms with Gasteiger partial charge in [-0.05, 0) is 6.42 Å². The van der Waals surface area contributed by atoms with Crippen LogP contribution in [-0.2, 0) is 19.1 Å². The van der Waals surface area contributed by atoms with Crippen LogP contribution in [0.25, 0.3) is 0 Å². The Labute approximate surface area is 65.5 Å². The van der Waals surface area contributed by atoms with E-state index in [9.17, 15) is 9.59 Å². The van der Waals surface area contributed by atoms with Gasteiger partial charge in [0.15, 0.2) is 0 Å². The summed E-state index contributed by atoms with van der Waals surface area (Å²) in [6, 6.07) is 0. The summed E-state index contributed by atoms with van der Waals surface area (Å²) >= 11 is 0. The zero-order chi connectivity index (χ0) is 8.69. The molecule has 0 fully saturated rings. The molecule has 0 aromatic rings. The van der Waals surface area contributed by atoms with Crippen molar-refractivity contribution in [3.63, 3.8) is 0 Å². The number of ether oxygens (including phenoxy) is 2. The summed E-state index contributed by atoms with van der Waals surface area (Å²) in [5.74, 6) is -1.28. The Morgan fingerprint density at radius 2 is 2.09 bits per heavy atom. The van der Waals surface area contributed by atoms with Crippen LogP contribution in [-0.4, -0.2) is 25.7 Å². The molecule has 0 saturated carbocycles. The largest absolute Gasteiger partial charge is 0.391 e. The van der Waals surface area contributed by atoms with E-state index in [4.69, 9.17) is 0 Å². The van der Waals surface area contributed by atoms with Gasteiger partial charge in [-0.3, -0.25) is 4.79 Å². The molecule has 11 heavy (non-hydrogen) atoms. The lowest BCUT2D eigenvalue weighted by atomic mass is 10.3. The molecule has 0 aliphatic heterocycles. The maximum absolute atomic E-state index is 10.6. The molecule has 0 heterocycles. The number of carbonyl (C=O) groups is 2. The number of esters is 2. The molecule has 0 aromatic heterocycles. The monoisotopic (exact) mass is 159 g/mol. The maximum atomic E-state index is 10.6. The minimum absolute atomic E-state index is 0.191. The van der Waals surface area contributed by atoms with Crippen molar-refractivity contribution >= 4 is 11.9 Å². The Kier molecular flexibility index (Phi) is 5.37. The summed E-state index contributed by atoms with van der Waals surface area (Å²) in [4.78, 5) is 21.1. The normalized spacial score (nSPS) is 9.27. The summed E-state index contributed by atoms with van der Waals surface area (Å²) < 4.78 is 8.71. The van der Waals surface area contributed by atoms with Gasteiger partial charge >= 0.3 is 11.9 Å². The van der Waals surface area contributed by atoms with E-state index < -0.39 is 11.9 Å². The first-order valence-corrected chi connectivity index (χ1v) is 3.27. The lowest BCUT2D eigenvalue weighted by molar-refractivity contribution is -0.159. The Morgan fingerprint density at radius 3 is 2.55 bits per heavy atom. The predicted molar refractivity (Wildman–Crippen MR) is 37.6 cm³/mol. The van der Waals surface area contributed by atoms with E-state index in [0.29, 0.717) is 6.42 Å². The van der Waals surface area contributed by atoms with Crippen molar-refractivity contribution in [1.29, 1.82) is 0 Å². The smallest absolute Gasteiger partial charge is 0.339 e. The van der Waals surface area contributed by atoms with Gasteiger partial charge in [0.2, 0.25) is 0 Å². The van der Waals surface area contributed by atoms with Crippen LogP contribution in [0.15, 0.2) is 0 Å². The number of methoxy groups -OCH3 is 1. The molecule has 0 aromatic carbocycles. The Hall–Kier alpha value is -0.900. The van der Waals surface area contributed by atoms with Crippen LogP contribution in [0.5, 0.6) is 0 Å². The van der Waals surface area contributed by atoms with Gasteiger partial charge in [0.05, 0.1) is 6.42 Å². The van der Waals surface area contributed by atoms with Crippen molar-refractivity contribution in [1.82, 2.24) is 0 Å². The van der Waals surface area contributed by atoms with Gasteiger partial charge in [-0.15, -0.1) is 0 Å². The predicted octanol–water partition coefficient (Wildman–Crippen LogP) is 0.317. The second kappa shape index (κ2) is 5.85. The minimum atomic E-state index is -0.665. The zero-order valence-electron chi connectivity index (χ0n) is 6.62. The molecular weight excluding hydrogens is 148 g/mol. The molecule has 1 radical (unpaired) electrons. The minimum Gasteiger partial charge on any atom is -0.391 e. The van der Waals surface area contributed by atoms with Crippen LogP contribution in [0.2, 0.25) is 0 Å². The van der Waals surface area contributed by atoms with Crippen molar-refractivity contribution in [2.24, 2.45) is 0 Å². The molecule has 0 spiro atoms. The van der Waals surface area contributed by atoms with Crippen LogP contribution in [0.4, 0.5) is 0 Å². The van der Waals surface area contributed by atoms with Gasteiger partial charge in [0.25, 0.3) is 0 Å². The number of rotatable bonds is 4. The summed E-state index contributed by atoms with van der Waals surface area (Å²) in [6.07, 6.45) is 1.84. The highest BCUT2D eigenvalue weighted by atomic mass is 16.6. The molecule has 4 nitrogen and oxygen atoms in total. The van der Waals surface area contributed by atoms with Crippen molar-refractivity contribution in [3.8, 4) is 0 Å². The van der Waals surface area contributed by atoms with Gasteiger partial charge in [-0.2, -0.15) is 0 Å². The third kappa shape index (κ3) is 5.54. The standard InChI is InChI=1S/C7H11O4/c1-3-4-6(8)11-7(9)5-10-2/h4H,3,5H2,1-2H3. The van der Waals surface area contributed by atoms with Crippen molar-refractivity contribution in [3.05, 3.63) is 6.42 Å². The highest BCUT2D eigenvalue weighted by Gasteiger charge is 2.08. The molecule has 0 atom stereocenters. The molecule has 0 aliphatic rings. The van der Waals surface area contributed by atoms with Crippen LogP contribution in [0.3, 0.4) is 0 Å². The lowest BCUT2D eigenvalue weighted by Gasteiger charge is -1.99. The molecule has 0 amide bonds. The second-order valence-corrected chi connectivity index (χ2v) is 1.84. The Morgan fingerprint density at radius 1 is 1.45 bits per heavy atom. The summed E-state index contributed by atoms with van der Waals surface area (Å²) in [5.41, 5.74) is 0. The molecule has 0 saturated heterocycles. The van der Waals surface area contributed by atoms with Crippen LogP contribution < -0.4 is 0 Å². The fourth-order valence-corrected chi connectivity index (χ4v) is 0.468. The van der Waals surface area contributed by atoms with E-state index >= 15 is 0 Å². The van der Waals surface area contributed by atoms with Gasteiger partial charge < -0.3 is 9.47 Å². The van der Waals surface area contributed by atoms with Gasteiger partial charge in [-0.1, -0.05) is 6.92 Å². The molecule has 0 bridgehead atoms. The topological polar surface area (TPSA) is 52.6 Å². The zero-order valence-corrected chi connectivity index (χ0v) is 6.62. The van der Waals surface area contributed by atoms with E-state index in [0.717, 1.165) is 0 Å². The molecule has 4 heteroatoms.